The Morgan fingerprint density at radius 1 is 0.550 bits per heavy atom. The van der Waals surface area contributed by atoms with E-state index in [2.05, 4.69) is 35.0 Å². The van der Waals surface area contributed by atoms with E-state index in [-0.39, 0.29) is 0 Å². The number of rotatable bonds is 16. The number of hydrogen-bond donors (Lipinski definition) is 0. The van der Waals surface area contributed by atoms with Crippen LogP contribution >= 0.6 is 15.9 Å². The second kappa shape index (κ2) is 19.2. The zero-order chi connectivity index (χ0) is 14.7. The molecule has 0 aromatic carbocycles. The van der Waals surface area contributed by atoms with E-state index in [0.29, 0.717) is 0 Å². The van der Waals surface area contributed by atoms with Crippen molar-refractivity contribution < 1.29 is 0 Å². The summed E-state index contributed by atoms with van der Waals surface area (Å²) in [6.07, 6.45) is 26.0. The first kappa shape index (κ1) is 20.2. The molecule has 0 spiro atoms. The average molecular weight is 345 g/mol. The fourth-order valence-corrected chi connectivity index (χ4v) is 2.90. The van der Waals surface area contributed by atoms with Crippen LogP contribution in [0.3, 0.4) is 0 Å². The average Bonchev–Trinajstić information content (AvgIpc) is 2.47. The largest absolute Gasteiger partial charge is 0.0883 e. The molecule has 0 aromatic heterocycles. The van der Waals surface area contributed by atoms with Crippen molar-refractivity contribution in [2.75, 3.05) is 5.33 Å². The Balaban J connectivity index is 2.94. The second-order valence-electron chi connectivity index (χ2n) is 6.01. The summed E-state index contributed by atoms with van der Waals surface area (Å²) >= 11 is 3.41. The highest BCUT2D eigenvalue weighted by Crippen LogP contribution is 2.13. The lowest BCUT2D eigenvalue weighted by atomic mass is 10.0. The third-order valence-corrected chi connectivity index (χ3v) is 4.35. The lowest BCUT2D eigenvalue weighted by Gasteiger charge is -2.02. The molecule has 0 bridgehead atoms. The van der Waals surface area contributed by atoms with Gasteiger partial charge in [0.1, 0.15) is 0 Å². The molecule has 0 aromatic rings. The number of allylic oxidation sites excluding steroid dienone is 2. The van der Waals surface area contributed by atoms with Gasteiger partial charge in [0.25, 0.3) is 0 Å². The highest BCUT2D eigenvalue weighted by molar-refractivity contribution is 9.09. The van der Waals surface area contributed by atoms with Gasteiger partial charge in [-0.3, -0.25) is 0 Å². The third kappa shape index (κ3) is 18.2. The van der Waals surface area contributed by atoms with E-state index in [0.717, 1.165) is 5.33 Å². The molecule has 120 valence electrons. The molecule has 0 heterocycles. The van der Waals surface area contributed by atoms with Crippen LogP contribution in [0.1, 0.15) is 103 Å². The molecule has 1 heteroatoms. The molecule has 0 aliphatic heterocycles. The summed E-state index contributed by atoms with van der Waals surface area (Å²) in [5.74, 6) is 0. The minimum Gasteiger partial charge on any atom is -0.0883 e. The molecule has 0 aliphatic rings. The Morgan fingerprint density at radius 3 is 1.35 bits per heavy atom. The zero-order valence-electron chi connectivity index (χ0n) is 13.8. The van der Waals surface area contributed by atoms with Gasteiger partial charge in [0.15, 0.2) is 0 Å². The molecular formula is C19H37Br. The minimum absolute atomic E-state index is 1.01. The van der Waals surface area contributed by atoms with E-state index < -0.39 is 0 Å². The normalized spacial score (nSPS) is 11.5. The summed E-state index contributed by atoms with van der Waals surface area (Å²) < 4.78 is 0. The monoisotopic (exact) mass is 344 g/mol. The van der Waals surface area contributed by atoms with Crippen molar-refractivity contribution in [1.29, 1.82) is 0 Å². The fourth-order valence-electron chi connectivity index (χ4n) is 2.64. The van der Waals surface area contributed by atoms with Crippen LogP contribution in [0.2, 0.25) is 0 Å². The van der Waals surface area contributed by atoms with E-state index in [1.807, 2.05) is 0 Å². The van der Waals surface area contributed by atoms with Crippen molar-refractivity contribution in [3.8, 4) is 0 Å². The molecule has 0 aliphatic carbocycles. The van der Waals surface area contributed by atoms with Crippen molar-refractivity contribution >= 4 is 15.9 Å². The SMILES string of the molecule is CCCCCCCCCCCCCCCCC=CCBr. The van der Waals surface area contributed by atoms with E-state index in [9.17, 15) is 0 Å². The predicted octanol–water partition coefficient (Wildman–Crippen LogP) is 7.81. The van der Waals surface area contributed by atoms with Crippen molar-refractivity contribution in [3.05, 3.63) is 12.2 Å². The Labute approximate surface area is 136 Å². The topological polar surface area (TPSA) is 0 Å². The second-order valence-corrected chi connectivity index (χ2v) is 6.66. The number of unbranched alkanes of at least 4 members (excludes halogenated alkanes) is 14. The first-order valence-corrected chi connectivity index (χ1v) is 10.2. The van der Waals surface area contributed by atoms with Crippen molar-refractivity contribution in [3.63, 3.8) is 0 Å². The molecule has 0 fully saturated rings. The van der Waals surface area contributed by atoms with Gasteiger partial charge in [0.2, 0.25) is 0 Å². The summed E-state index contributed by atoms with van der Waals surface area (Å²) in [5, 5.41) is 1.01. The van der Waals surface area contributed by atoms with Gasteiger partial charge in [-0.1, -0.05) is 118 Å². The third-order valence-electron chi connectivity index (χ3n) is 3.98. The van der Waals surface area contributed by atoms with Gasteiger partial charge in [-0.05, 0) is 12.8 Å². The van der Waals surface area contributed by atoms with Crippen LogP contribution in [-0.2, 0) is 0 Å². The van der Waals surface area contributed by atoms with Crippen LogP contribution in [0.5, 0.6) is 0 Å². The molecule has 0 saturated heterocycles. The van der Waals surface area contributed by atoms with E-state index in [4.69, 9.17) is 0 Å². The molecule has 0 radical (unpaired) electrons. The number of halogens is 1. The van der Waals surface area contributed by atoms with E-state index >= 15 is 0 Å². The molecule has 0 nitrogen and oxygen atoms in total. The quantitative estimate of drug-likeness (QED) is 0.152. The van der Waals surface area contributed by atoms with Gasteiger partial charge >= 0.3 is 0 Å². The molecule has 0 amide bonds. The highest BCUT2D eigenvalue weighted by Gasteiger charge is 1.93. The highest BCUT2D eigenvalue weighted by atomic mass is 79.9. The zero-order valence-corrected chi connectivity index (χ0v) is 15.4. The van der Waals surface area contributed by atoms with Crippen molar-refractivity contribution in [1.82, 2.24) is 0 Å². The predicted molar refractivity (Wildman–Crippen MR) is 97.9 cm³/mol. The maximum Gasteiger partial charge on any atom is 0.0212 e. The summed E-state index contributed by atoms with van der Waals surface area (Å²) in [7, 11) is 0. The first-order valence-electron chi connectivity index (χ1n) is 9.12. The van der Waals surface area contributed by atoms with Crippen molar-refractivity contribution in [2.24, 2.45) is 0 Å². The maximum absolute atomic E-state index is 3.41. The number of alkyl halides is 1. The van der Waals surface area contributed by atoms with E-state index in [1.54, 1.807) is 0 Å². The number of hydrogen-bond acceptors (Lipinski definition) is 0. The van der Waals surface area contributed by atoms with Crippen LogP contribution in [-0.4, -0.2) is 5.33 Å². The van der Waals surface area contributed by atoms with Gasteiger partial charge < -0.3 is 0 Å². The van der Waals surface area contributed by atoms with Crippen LogP contribution in [0.15, 0.2) is 12.2 Å². The van der Waals surface area contributed by atoms with Gasteiger partial charge in [0.05, 0.1) is 0 Å². The Hall–Kier alpha value is 0.220. The van der Waals surface area contributed by atoms with Gasteiger partial charge in [-0.15, -0.1) is 0 Å². The fraction of sp³-hybridized carbons (Fsp3) is 0.895. The summed E-state index contributed by atoms with van der Waals surface area (Å²) in [6.45, 7) is 2.29. The van der Waals surface area contributed by atoms with Crippen LogP contribution in [0.4, 0.5) is 0 Å². The molecular weight excluding hydrogens is 308 g/mol. The molecule has 0 atom stereocenters. The molecule has 0 saturated carbocycles. The molecule has 0 unspecified atom stereocenters. The Morgan fingerprint density at radius 2 is 0.950 bits per heavy atom. The minimum atomic E-state index is 1.01. The summed E-state index contributed by atoms with van der Waals surface area (Å²) in [4.78, 5) is 0. The molecule has 0 rings (SSSR count). The van der Waals surface area contributed by atoms with Crippen molar-refractivity contribution in [2.45, 2.75) is 103 Å². The lowest BCUT2D eigenvalue weighted by Crippen LogP contribution is -1.83. The van der Waals surface area contributed by atoms with Crippen LogP contribution in [0.25, 0.3) is 0 Å². The maximum atomic E-state index is 3.41. The first-order chi connectivity index (χ1) is 9.91. The van der Waals surface area contributed by atoms with Crippen LogP contribution < -0.4 is 0 Å². The van der Waals surface area contributed by atoms with Gasteiger partial charge in [-0.2, -0.15) is 0 Å². The standard InChI is InChI=1S/C19H37Br/c1-2-3-4-5-6-7-8-9-10-11-12-13-14-15-16-17-18-19-20/h17-18H,2-16,19H2,1H3. The smallest absolute Gasteiger partial charge is 0.0212 e. The molecule has 0 N–H and O–H groups in total. The summed E-state index contributed by atoms with van der Waals surface area (Å²) in [5.41, 5.74) is 0. The summed E-state index contributed by atoms with van der Waals surface area (Å²) in [6, 6.07) is 0. The van der Waals surface area contributed by atoms with Crippen LogP contribution in [0, 0.1) is 0 Å². The lowest BCUT2D eigenvalue weighted by molar-refractivity contribution is 0.536. The van der Waals surface area contributed by atoms with Gasteiger partial charge in [0, 0.05) is 5.33 Å². The Kier molecular flexibility index (Phi) is 19.4. The van der Waals surface area contributed by atoms with Gasteiger partial charge in [-0.25, -0.2) is 0 Å². The molecule has 20 heavy (non-hydrogen) atoms. The van der Waals surface area contributed by atoms with E-state index in [1.165, 1.54) is 96.3 Å². The Bertz CT molecular complexity index is 186.